The largest absolute Gasteiger partial charge is 0.493 e. The molecule has 31 heavy (non-hydrogen) atoms. The zero-order valence-electron chi connectivity index (χ0n) is 19.6. The fourth-order valence-electron chi connectivity index (χ4n) is 3.94. The molecule has 168 valence electrons. The van der Waals surface area contributed by atoms with Crippen LogP contribution < -0.4 is 9.47 Å². The zero-order chi connectivity index (χ0) is 22.4. The molecule has 0 unspecified atom stereocenters. The number of ether oxygens (including phenoxy) is 2. The summed E-state index contributed by atoms with van der Waals surface area (Å²) in [5.74, 6) is 1.71. The Morgan fingerprint density at radius 1 is 0.935 bits per heavy atom. The molecule has 1 amide bonds. The summed E-state index contributed by atoms with van der Waals surface area (Å²) in [5.41, 5.74) is 2.73. The molecule has 0 bridgehead atoms. The number of rotatable bonds is 7. The quantitative estimate of drug-likeness (QED) is 0.644. The van der Waals surface area contributed by atoms with Crippen LogP contribution in [0.3, 0.4) is 0 Å². The number of piperazine rings is 1. The molecular formula is C26H36N2O3. The molecular weight excluding hydrogens is 388 g/mol. The minimum Gasteiger partial charge on any atom is -0.493 e. The molecule has 2 aromatic carbocycles. The number of carbonyl (C=O) groups is 1. The van der Waals surface area contributed by atoms with Crippen LogP contribution in [0.1, 0.15) is 56.1 Å². The van der Waals surface area contributed by atoms with Gasteiger partial charge in [-0.2, -0.15) is 0 Å². The molecule has 5 nitrogen and oxygen atoms in total. The van der Waals surface area contributed by atoms with Crippen LogP contribution in [0.4, 0.5) is 0 Å². The number of likely N-dealkylation sites (N-methyl/N-ethyl adjacent to an activating group) is 1. The molecule has 1 saturated heterocycles. The maximum Gasteiger partial charge on any atom is 0.253 e. The molecule has 0 spiro atoms. The van der Waals surface area contributed by atoms with Crippen molar-refractivity contribution in [2.45, 2.75) is 46.6 Å². The molecule has 0 aromatic heterocycles. The van der Waals surface area contributed by atoms with Crippen LogP contribution in [0.5, 0.6) is 11.5 Å². The Kier molecular flexibility index (Phi) is 7.60. The first-order valence-corrected chi connectivity index (χ1v) is 11.3. The smallest absolute Gasteiger partial charge is 0.253 e. The van der Waals surface area contributed by atoms with Crippen molar-refractivity contribution in [1.29, 1.82) is 0 Å². The lowest BCUT2D eigenvalue weighted by Crippen LogP contribution is -2.48. The van der Waals surface area contributed by atoms with Crippen LogP contribution in [0, 0.1) is 0 Å². The van der Waals surface area contributed by atoms with Gasteiger partial charge in [-0.1, -0.05) is 45.9 Å². The number of benzene rings is 2. The molecule has 2 aromatic rings. The summed E-state index contributed by atoms with van der Waals surface area (Å²) in [6, 6.07) is 13.8. The van der Waals surface area contributed by atoms with Crippen LogP contribution in [-0.4, -0.2) is 55.0 Å². The highest BCUT2D eigenvalue weighted by Crippen LogP contribution is 2.32. The van der Waals surface area contributed by atoms with Gasteiger partial charge in [-0.25, -0.2) is 0 Å². The number of hydrogen-bond donors (Lipinski definition) is 0. The van der Waals surface area contributed by atoms with Gasteiger partial charge in [0.25, 0.3) is 5.91 Å². The molecule has 0 saturated carbocycles. The molecule has 1 heterocycles. The lowest BCUT2D eigenvalue weighted by Gasteiger charge is -2.34. The highest BCUT2D eigenvalue weighted by molar-refractivity contribution is 5.94. The maximum atomic E-state index is 13.1. The minimum atomic E-state index is -0.0161. The first-order chi connectivity index (χ1) is 14.8. The Morgan fingerprint density at radius 2 is 1.65 bits per heavy atom. The van der Waals surface area contributed by atoms with Crippen molar-refractivity contribution >= 4 is 5.91 Å². The monoisotopic (exact) mass is 424 g/mol. The Labute approximate surface area is 187 Å². The fraction of sp³-hybridized carbons (Fsp3) is 0.500. The normalized spacial score (nSPS) is 15.1. The van der Waals surface area contributed by atoms with Gasteiger partial charge in [-0.3, -0.25) is 4.79 Å². The summed E-state index contributed by atoms with van der Waals surface area (Å²) in [4.78, 5) is 17.4. The van der Waals surface area contributed by atoms with E-state index in [4.69, 9.17) is 9.47 Å². The second-order valence-corrected chi connectivity index (χ2v) is 9.02. The molecule has 0 atom stereocenters. The van der Waals surface area contributed by atoms with Crippen LogP contribution in [0.15, 0.2) is 42.5 Å². The van der Waals surface area contributed by atoms with Crippen molar-refractivity contribution in [3.8, 4) is 11.5 Å². The second kappa shape index (κ2) is 10.2. The topological polar surface area (TPSA) is 42.0 Å². The molecule has 3 rings (SSSR count). The van der Waals surface area contributed by atoms with Crippen molar-refractivity contribution in [3.05, 3.63) is 59.2 Å². The average molecular weight is 425 g/mol. The first-order valence-electron chi connectivity index (χ1n) is 11.3. The molecule has 5 heteroatoms. The van der Waals surface area contributed by atoms with Crippen molar-refractivity contribution in [1.82, 2.24) is 9.80 Å². The van der Waals surface area contributed by atoms with Crippen LogP contribution in [-0.2, 0) is 12.0 Å². The number of carbonyl (C=O) groups excluding carboxylic acids is 1. The van der Waals surface area contributed by atoms with Gasteiger partial charge in [0.15, 0.2) is 0 Å². The fourth-order valence-corrected chi connectivity index (χ4v) is 3.94. The van der Waals surface area contributed by atoms with E-state index in [0.717, 1.165) is 55.3 Å². The highest BCUT2D eigenvalue weighted by Gasteiger charge is 2.23. The number of para-hydroxylation sites is 1. The van der Waals surface area contributed by atoms with Gasteiger partial charge >= 0.3 is 0 Å². The predicted octanol–water partition coefficient (Wildman–Crippen LogP) is 4.74. The van der Waals surface area contributed by atoms with Crippen molar-refractivity contribution in [2.24, 2.45) is 0 Å². The third-order valence-electron chi connectivity index (χ3n) is 5.79. The standard InChI is InChI=1S/C26H36N2O3/c1-6-27-14-16-28(17-15-27)25(29)20-12-13-23(30-7-2)21(18-20)19-31-24-11-9-8-10-22(24)26(3,4)5/h8-13,18H,6-7,14-17,19H2,1-5H3. The van der Waals surface area contributed by atoms with E-state index in [9.17, 15) is 4.79 Å². The summed E-state index contributed by atoms with van der Waals surface area (Å²) in [7, 11) is 0. The first kappa shape index (κ1) is 23.1. The lowest BCUT2D eigenvalue weighted by atomic mass is 9.86. The molecule has 1 aliphatic rings. The van der Waals surface area contributed by atoms with E-state index in [2.05, 4.69) is 38.7 Å². The van der Waals surface area contributed by atoms with E-state index in [1.807, 2.05) is 48.2 Å². The second-order valence-electron chi connectivity index (χ2n) is 9.02. The number of hydrogen-bond acceptors (Lipinski definition) is 4. The van der Waals surface area contributed by atoms with Crippen LogP contribution in [0.2, 0.25) is 0 Å². The summed E-state index contributed by atoms with van der Waals surface area (Å²) < 4.78 is 12.1. The van der Waals surface area contributed by atoms with Crippen LogP contribution in [0.25, 0.3) is 0 Å². The van der Waals surface area contributed by atoms with Crippen molar-refractivity contribution < 1.29 is 14.3 Å². The van der Waals surface area contributed by atoms with Crippen molar-refractivity contribution in [2.75, 3.05) is 39.3 Å². The van der Waals surface area contributed by atoms with E-state index in [1.54, 1.807) is 0 Å². The third-order valence-corrected chi connectivity index (χ3v) is 5.79. The Hall–Kier alpha value is -2.53. The molecule has 0 radical (unpaired) electrons. The highest BCUT2D eigenvalue weighted by atomic mass is 16.5. The maximum absolute atomic E-state index is 13.1. The van der Waals surface area contributed by atoms with Gasteiger partial charge in [0, 0.05) is 37.3 Å². The van der Waals surface area contributed by atoms with Gasteiger partial charge in [0.2, 0.25) is 0 Å². The molecule has 0 N–H and O–H groups in total. The minimum absolute atomic E-state index is 0.0161. The van der Waals surface area contributed by atoms with E-state index < -0.39 is 0 Å². The summed E-state index contributed by atoms with van der Waals surface area (Å²) in [6.07, 6.45) is 0. The number of amides is 1. The Balaban J connectivity index is 1.79. The van der Waals surface area contributed by atoms with Gasteiger partial charge in [-0.15, -0.1) is 0 Å². The summed E-state index contributed by atoms with van der Waals surface area (Å²) >= 11 is 0. The zero-order valence-corrected chi connectivity index (χ0v) is 19.6. The van der Waals surface area contributed by atoms with Crippen molar-refractivity contribution in [3.63, 3.8) is 0 Å². The molecule has 1 aliphatic heterocycles. The van der Waals surface area contributed by atoms with E-state index in [1.165, 1.54) is 0 Å². The van der Waals surface area contributed by atoms with Crippen LogP contribution >= 0.6 is 0 Å². The number of nitrogens with zero attached hydrogens (tertiary/aromatic N) is 2. The Morgan fingerprint density at radius 3 is 2.29 bits per heavy atom. The van der Waals surface area contributed by atoms with Gasteiger partial charge in [-0.05, 0) is 48.7 Å². The SMILES string of the molecule is CCOc1ccc(C(=O)N2CCN(CC)CC2)cc1COc1ccccc1C(C)(C)C. The predicted molar refractivity (Wildman–Crippen MR) is 125 cm³/mol. The summed E-state index contributed by atoms with van der Waals surface area (Å²) in [6.45, 7) is 16.0. The van der Waals surface area contributed by atoms with E-state index in [0.29, 0.717) is 18.8 Å². The average Bonchev–Trinajstić information content (AvgIpc) is 2.77. The Bertz CT molecular complexity index is 880. The van der Waals surface area contributed by atoms with Gasteiger partial charge in [0.05, 0.1) is 6.61 Å². The van der Waals surface area contributed by atoms with Gasteiger partial charge < -0.3 is 19.3 Å². The molecule has 0 aliphatic carbocycles. The van der Waals surface area contributed by atoms with E-state index >= 15 is 0 Å². The van der Waals surface area contributed by atoms with E-state index in [-0.39, 0.29) is 11.3 Å². The third kappa shape index (κ3) is 5.79. The van der Waals surface area contributed by atoms with Gasteiger partial charge in [0.1, 0.15) is 18.1 Å². The summed E-state index contributed by atoms with van der Waals surface area (Å²) in [5, 5.41) is 0. The molecule has 1 fully saturated rings. The lowest BCUT2D eigenvalue weighted by molar-refractivity contribution is 0.0643.